The third kappa shape index (κ3) is 6.00. The Morgan fingerprint density at radius 3 is 2.58 bits per heavy atom. The van der Waals surface area contributed by atoms with Crippen LogP contribution >= 0.6 is 11.3 Å². The molecular formula is C17H19FN2O3S. The molecule has 0 unspecified atom stereocenters. The second-order valence-electron chi connectivity index (χ2n) is 5.11. The van der Waals surface area contributed by atoms with Crippen molar-refractivity contribution in [3.05, 3.63) is 47.1 Å². The number of anilines is 1. The average molecular weight is 350 g/mol. The van der Waals surface area contributed by atoms with Crippen molar-refractivity contribution in [2.45, 2.75) is 19.8 Å². The predicted molar refractivity (Wildman–Crippen MR) is 92.1 cm³/mol. The number of halogens is 1. The molecule has 2 aromatic rings. The number of ether oxygens (including phenoxy) is 1. The average Bonchev–Trinajstić information content (AvgIpc) is 3.00. The molecule has 2 N–H and O–H groups in total. The molecule has 5 nitrogen and oxygen atoms in total. The second kappa shape index (κ2) is 9.02. The Labute approximate surface area is 143 Å². The first-order valence-corrected chi connectivity index (χ1v) is 8.40. The maximum atomic E-state index is 12.7. The number of benzene rings is 1. The molecule has 0 atom stereocenters. The molecule has 0 aliphatic rings. The Kier molecular flexibility index (Phi) is 6.74. The number of rotatable bonds is 8. The van der Waals surface area contributed by atoms with E-state index in [9.17, 15) is 14.0 Å². The minimum atomic E-state index is -0.291. The first kappa shape index (κ1) is 17.9. The van der Waals surface area contributed by atoms with E-state index in [1.165, 1.54) is 30.4 Å². The van der Waals surface area contributed by atoms with Crippen LogP contribution in [0.2, 0.25) is 0 Å². The minimum Gasteiger partial charge on any atom is -0.494 e. The molecule has 1 aromatic carbocycles. The molecule has 0 bridgehead atoms. The molecule has 128 valence electrons. The minimum absolute atomic E-state index is 0.156. The lowest BCUT2D eigenvalue weighted by Gasteiger charge is -2.06. The highest BCUT2D eigenvalue weighted by molar-refractivity contribution is 7.18. The van der Waals surface area contributed by atoms with Gasteiger partial charge in [0.1, 0.15) is 11.6 Å². The topological polar surface area (TPSA) is 67.4 Å². The van der Waals surface area contributed by atoms with E-state index in [4.69, 9.17) is 4.74 Å². The van der Waals surface area contributed by atoms with Crippen molar-refractivity contribution in [2.24, 2.45) is 0 Å². The van der Waals surface area contributed by atoms with Crippen molar-refractivity contribution in [1.82, 2.24) is 5.32 Å². The van der Waals surface area contributed by atoms with Gasteiger partial charge < -0.3 is 15.4 Å². The van der Waals surface area contributed by atoms with Crippen LogP contribution in [0.25, 0.3) is 0 Å². The number of unbranched alkanes of at least 4 members (excludes halogenated alkanes) is 1. The van der Waals surface area contributed by atoms with Crippen LogP contribution in [0, 0.1) is 5.82 Å². The zero-order chi connectivity index (χ0) is 17.4. The zero-order valence-corrected chi connectivity index (χ0v) is 14.1. The van der Waals surface area contributed by atoms with Gasteiger partial charge in [0.2, 0.25) is 5.91 Å². The quantitative estimate of drug-likeness (QED) is 0.717. The Hall–Kier alpha value is -2.41. The first-order valence-electron chi connectivity index (χ1n) is 7.58. The fourth-order valence-corrected chi connectivity index (χ4v) is 2.81. The summed E-state index contributed by atoms with van der Waals surface area (Å²) in [4.78, 5) is 23.5. The number of hydrogen-bond donors (Lipinski definition) is 2. The van der Waals surface area contributed by atoms with Crippen LogP contribution in [0.5, 0.6) is 5.75 Å². The number of carbonyl (C=O) groups excluding carboxylic acids is 2. The molecule has 0 radical (unpaired) electrons. The molecule has 0 saturated heterocycles. The predicted octanol–water partition coefficient (Wildman–Crippen LogP) is 3.43. The largest absolute Gasteiger partial charge is 0.494 e. The fourth-order valence-electron chi connectivity index (χ4n) is 1.94. The van der Waals surface area contributed by atoms with Gasteiger partial charge in [-0.2, -0.15) is 0 Å². The van der Waals surface area contributed by atoms with Crippen LogP contribution in [0.4, 0.5) is 9.39 Å². The number of hydrogen-bond acceptors (Lipinski definition) is 4. The number of carbonyl (C=O) groups is 2. The summed E-state index contributed by atoms with van der Waals surface area (Å²) < 4.78 is 18.2. The van der Waals surface area contributed by atoms with Gasteiger partial charge in [0, 0.05) is 13.5 Å². The van der Waals surface area contributed by atoms with E-state index in [1.54, 1.807) is 24.3 Å². The Balaban J connectivity index is 1.61. The van der Waals surface area contributed by atoms with Crippen LogP contribution in [-0.4, -0.2) is 25.0 Å². The summed E-state index contributed by atoms with van der Waals surface area (Å²) in [5.74, 6) is 0.0193. The first-order chi connectivity index (χ1) is 11.5. The normalized spacial score (nSPS) is 10.2. The van der Waals surface area contributed by atoms with Gasteiger partial charge in [0.05, 0.1) is 16.5 Å². The van der Waals surface area contributed by atoms with Gasteiger partial charge >= 0.3 is 0 Å². The zero-order valence-electron chi connectivity index (χ0n) is 13.3. The summed E-state index contributed by atoms with van der Waals surface area (Å²) in [6, 6.07) is 9.26. The molecule has 1 heterocycles. The highest BCUT2D eigenvalue weighted by Crippen LogP contribution is 2.21. The van der Waals surface area contributed by atoms with Gasteiger partial charge in [-0.15, -0.1) is 11.3 Å². The van der Waals surface area contributed by atoms with Crippen LogP contribution in [0.15, 0.2) is 36.4 Å². The van der Waals surface area contributed by atoms with Gasteiger partial charge in [-0.25, -0.2) is 4.39 Å². The summed E-state index contributed by atoms with van der Waals surface area (Å²) in [7, 11) is 0. The fraction of sp³-hybridized carbons (Fsp3) is 0.294. The van der Waals surface area contributed by atoms with E-state index in [0.717, 1.165) is 12.8 Å². The van der Waals surface area contributed by atoms with Crippen molar-refractivity contribution in [2.75, 3.05) is 18.5 Å². The number of thiophene rings is 1. The maximum absolute atomic E-state index is 12.7. The molecule has 1 aromatic heterocycles. The molecule has 24 heavy (non-hydrogen) atoms. The van der Waals surface area contributed by atoms with Crippen molar-refractivity contribution in [1.29, 1.82) is 0 Å². The van der Waals surface area contributed by atoms with E-state index in [2.05, 4.69) is 10.6 Å². The molecule has 0 saturated carbocycles. The molecule has 2 amide bonds. The molecule has 7 heteroatoms. The van der Waals surface area contributed by atoms with E-state index < -0.39 is 0 Å². The summed E-state index contributed by atoms with van der Waals surface area (Å²) in [6.45, 7) is 2.47. The summed E-state index contributed by atoms with van der Waals surface area (Å²) in [5.41, 5.74) is 0. The van der Waals surface area contributed by atoms with E-state index in [-0.39, 0.29) is 17.6 Å². The number of nitrogens with one attached hydrogen (secondary N) is 2. The monoisotopic (exact) mass is 350 g/mol. The summed E-state index contributed by atoms with van der Waals surface area (Å²) in [5, 5.41) is 6.12. The van der Waals surface area contributed by atoms with E-state index >= 15 is 0 Å². The van der Waals surface area contributed by atoms with Gasteiger partial charge in [-0.1, -0.05) is 0 Å². The SMILES string of the molecule is CC(=O)Nc1ccc(C(=O)NCCCCOc2ccc(F)cc2)s1. The second-order valence-corrected chi connectivity index (χ2v) is 6.19. The molecule has 0 fully saturated rings. The van der Waals surface area contributed by atoms with Gasteiger partial charge in [-0.3, -0.25) is 9.59 Å². The molecular weight excluding hydrogens is 331 g/mol. The van der Waals surface area contributed by atoms with Crippen LogP contribution in [0.3, 0.4) is 0 Å². The third-order valence-electron chi connectivity index (χ3n) is 3.07. The molecule has 0 aliphatic heterocycles. The Bertz CT molecular complexity index is 685. The van der Waals surface area contributed by atoms with E-state index in [0.29, 0.717) is 28.8 Å². The van der Waals surface area contributed by atoms with Gasteiger partial charge in [-0.05, 0) is 49.2 Å². The van der Waals surface area contributed by atoms with Crippen molar-refractivity contribution in [3.63, 3.8) is 0 Å². The molecule has 0 aliphatic carbocycles. The lowest BCUT2D eigenvalue weighted by Crippen LogP contribution is -2.23. The highest BCUT2D eigenvalue weighted by atomic mass is 32.1. The number of amides is 2. The lowest BCUT2D eigenvalue weighted by atomic mass is 10.3. The standard InChI is InChI=1S/C17H19FN2O3S/c1-12(21)20-16-9-8-15(24-16)17(22)19-10-2-3-11-23-14-6-4-13(18)5-7-14/h4-9H,2-3,10-11H2,1H3,(H,19,22)(H,20,21). The van der Waals surface area contributed by atoms with Crippen LogP contribution < -0.4 is 15.4 Å². The lowest BCUT2D eigenvalue weighted by molar-refractivity contribution is -0.114. The third-order valence-corrected chi connectivity index (χ3v) is 4.07. The molecule has 2 rings (SSSR count). The van der Waals surface area contributed by atoms with Gasteiger partial charge in [0.25, 0.3) is 5.91 Å². The highest BCUT2D eigenvalue weighted by Gasteiger charge is 2.09. The van der Waals surface area contributed by atoms with Crippen LogP contribution in [0.1, 0.15) is 29.4 Å². The van der Waals surface area contributed by atoms with Crippen LogP contribution in [-0.2, 0) is 4.79 Å². The van der Waals surface area contributed by atoms with Gasteiger partial charge in [0.15, 0.2) is 0 Å². The van der Waals surface area contributed by atoms with E-state index in [1.807, 2.05) is 0 Å². The molecule has 0 spiro atoms. The van der Waals surface area contributed by atoms with Crippen molar-refractivity contribution in [3.8, 4) is 5.75 Å². The smallest absolute Gasteiger partial charge is 0.261 e. The summed E-state index contributed by atoms with van der Waals surface area (Å²) >= 11 is 1.24. The summed E-state index contributed by atoms with van der Waals surface area (Å²) in [6.07, 6.45) is 1.55. The maximum Gasteiger partial charge on any atom is 0.261 e. The Morgan fingerprint density at radius 1 is 1.12 bits per heavy atom. The Morgan fingerprint density at radius 2 is 1.88 bits per heavy atom. The van der Waals surface area contributed by atoms with Crippen molar-refractivity contribution >= 4 is 28.2 Å². The van der Waals surface area contributed by atoms with Crippen molar-refractivity contribution < 1.29 is 18.7 Å².